The Kier molecular flexibility index (Phi) is 4.14. The highest BCUT2D eigenvalue weighted by Crippen LogP contribution is 2.30. The summed E-state index contributed by atoms with van der Waals surface area (Å²) in [5.41, 5.74) is 1.52. The number of hydrogen-bond acceptors (Lipinski definition) is 2. The van der Waals surface area contributed by atoms with Crippen molar-refractivity contribution in [3.8, 4) is 0 Å². The van der Waals surface area contributed by atoms with E-state index in [9.17, 15) is 10.2 Å². The van der Waals surface area contributed by atoms with Gasteiger partial charge in [0.2, 0.25) is 0 Å². The summed E-state index contributed by atoms with van der Waals surface area (Å²) in [6.07, 6.45) is -1.71. The molecule has 84 valence electrons. The minimum Gasteiger partial charge on any atom is -0.390 e. The quantitative estimate of drug-likeness (QED) is 0.835. The number of halogens is 1. The average Bonchev–Trinajstić information content (AvgIpc) is 2.15. The Morgan fingerprint density at radius 1 is 1.20 bits per heavy atom. The summed E-state index contributed by atoms with van der Waals surface area (Å²) in [7, 11) is 0. The molecule has 0 saturated heterocycles. The topological polar surface area (TPSA) is 40.5 Å². The van der Waals surface area contributed by atoms with E-state index in [0.29, 0.717) is 10.6 Å². The van der Waals surface area contributed by atoms with Gasteiger partial charge in [0.1, 0.15) is 6.10 Å². The third-order valence-electron chi connectivity index (χ3n) is 2.57. The fourth-order valence-corrected chi connectivity index (χ4v) is 1.89. The smallest absolute Gasteiger partial charge is 0.107 e. The van der Waals surface area contributed by atoms with Crippen LogP contribution in [0.3, 0.4) is 0 Å². The normalized spacial score (nSPS) is 15.4. The third kappa shape index (κ3) is 2.71. The van der Waals surface area contributed by atoms with Crippen molar-refractivity contribution in [3.63, 3.8) is 0 Å². The van der Waals surface area contributed by atoms with Crippen LogP contribution in [0.4, 0.5) is 0 Å². The maximum atomic E-state index is 9.99. The first kappa shape index (κ1) is 12.5. The van der Waals surface area contributed by atoms with Crippen molar-refractivity contribution in [3.05, 3.63) is 34.3 Å². The molecule has 0 fully saturated rings. The van der Waals surface area contributed by atoms with Crippen molar-refractivity contribution in [2.24, 2.45) is 5.92 Å². The van der Waals surface area contributed by atoms with E-state index in [1.807, 2.05) is 32.9 Å². The summed E-state index contributed by atoms with van der Waals surface area (Å²) in [4.78, 5) is 0. The number of hydrogen-bond donors (Lipinski definition) is 2. The minimum absolute atomic E-state index is 0.00401. The van der Waals surface area contributed by atoms with Crippen LogP contribution in [0.5, 0.6) is 0 Å². The second-order valence-electron chi connectivity index (χ2n) is 4.15. The molecule has 0 unspecified atom stereocenters. The van der Waals surface area contributed by atoms with Crippen molar-refractivity contribution in [2.75, 3.05) is 0 Å². The Morgan fingerprint density at radius 2 is 1.80 bits per heavy atom. The highest BCUT2D eigenvalue weighted by molar-refractivity contribution is 6.31. The van der Waals surface area contributed by atoms with Gasteiger partial charge in [-0.15, -0.1) is 0 Å². The summed E-state index contributed by atoms with van der Waals surface area (Å²) in [6, 6.07) is 5.42. The van der Waals surface area contributed by atoms with E-state index in [-0.39, 0.29) is 5.92 Å². The van der Waals surface area contributed by atoms with Gasteiger partial charge < -0.3 is 10.2 Å². The van der Waals surface area contributed by atoms with Crippen molar-refractivity contribution < 1.29 is 10.2 Å². The van der Waals surface area contributed by atoms with Crippen molar-refractivity contribution in [2.45, 2.75) is 33.0 Å². The molecule has 0 spiro atoms. The number of benzene rings is 1. The second-order valence-corrected chi connectivity index (χ2v) is 4.56. The largest absolute Gasteiger partial charge is 0.390 e. The molecule has 0 aliphatic rings. The molecular formula is C12H17ClO2. The van der Waals surface area contributed by atoms with Crippen LogP contribution < -0.4 is 0 Å². The summed E-state index contributed by atoms with van der Waals surface area (Å²) in [5.74, 6) is -0.00401. The summed E-state index contributed by atoms with van der Waals surface area (Å²) in [5, 5.41) is 20.3. The van der Waals surface area contributed by atoms with Crippen LogP contribution in [-0.2, 0) is 0 Å². The molecular weight excluding hydrogens is 212 g/mol. The lowest BCUT2D eigenvalue weighted by Gasteiger charge is -2.23. The van der Waals surface area contributed by atoms with Crippen molar-refractivity contribution in [1.82, 2.24) is 0 Å². The molecule has 0 aliphatic carbocycles. The zero-order valence-electron chi connectivity index (χ0n) is 9.24. The van der Waals surface area contributed by atoms with E-state index < -0.39 is 12.2 Å². The van der Waals surface area contributed by atoms with Crippen LogP contribution in [0.2, 0.25) is 5.02 Å². The number of aliphatic hydroxyl groups is 2. The van der Waals surface area contributed by atoms with E-state index in [0.717, 1.165) is 5.56 Å². The molecule has 15 heavy (non-hydrogen) atoms. The number of rotatable bonds is 3. The maximum Gasteiger partial charge on any atom is 0.107 e. The summed E-state index contributed by atoms with van der Waals surface area (Å²) < 4.78 is 0. The SMILES string of the molecule is Cc1cccc(Cl)c1[C@H](O)[C@@H](O)C(C)C. The Labute approximate surface area is 95.5 Å². The molecule has 0 aromatic heterocycles. The third-order valence-corrected chi connectivity index (χ3v) is 2.90. The Bertz CT molecular complexity index is 316. The molecule has 0 amide bonds. The maximum absolute atomic E-state index is 9.99. The van der Waals surface area contributed by atoms with Gasteiger partial charge >= 0.3 is 0 Å². The molecule has 1 aromatic rings. The summed E-state index contributed by atoms with van der Waals surface area (Å²) in [6.45, 7) is 5.59. The second kappa shape index (κ2) is 4.97. The molecule has 0 aliphatic heterocycles. The molecule has 0 bridgehead atoms. The first-order valence-corrected chi connectivity index (χ1v) is 5.44. The molecule has 3 heteroatoms. The van der Waals surface area contributed by atoms with E-state index >= 15 is 0 Å². The molecule has 0 heterocycles. The molecule has 2 atom stereocenters. The monoisotopic (exact) mass is 228 g/mol. The molecule has 1 rings (SSSR count). The standard InChI is InChI=1S/C12H17ClO2/c1-7(2)11(14)12(15)10-8(3)5-4-6-9(10)13/h4-7,11-12,14-15H,1-3H3/t11-,12-/m0/s1. The van der Waals surface area contributed by atoms with Crippen LogP contribution in [0.25, 0.3) is 0 Å². The van der Waals surface area contributed by atoms with Gasteiger partial charge in [-0.2, -0.15) is 0 Å². The Morgan fingerprint density at radius 3 is 2.27 bits per heavy atom. The van der Waals surface area contributed by atoms with Gasteiger partial charge in [-0.25, -0.2) is 0 Å². The van der Waals surface area contributed by atoms with E-state index in [1.54, 1.807) is 6.07 Å². The van der Waals surface area contributed by atoms with Gasteiger partial charge in [-0.3, -0.25) is 0 Å². The lowest BCUT2D eigenvalue weighted by Crippen LogP contribution is -2.24. The first-order chi connectivity index (χ1) is 6.95. The fourth-order valence-electron chi connectivity index (χ4n) is 1.55. The van der Waals surface area contributed by atoms with Crippen molar-refractivity contribution in [1.29, 1.82) is 0 Å². The predicted molar refractivity (Wildman–Crippen MR) is 62.0 cm³/mol. The molecule has 2 N–H and O–H groups in total. The molecule has 0 saturated carbocycles. The predicted octanol–water partition coefficient (Wildman–Crippen LogP) is 2.70. The van der Waals surface area contributed by atoms with Gasteiger partial charge in [0, 0.05) is 10.6 Å². The van der Waals surface area contributed by atoms with Gasteiger partial charge in [0.15, 0.2) is 0 Å². The van der Waals surface area contributed by atoms with E-state index in [2.05, 4.69) is 0 Å². The van der Waals surface area contributed by atoms with Crippen LogP contribution in [0.15, 0.2) is 18.2 Å². The lowest BCUT2D eigenvalue weighted by molar-refractivity contribution is -0.00965. The van der Waals surface area contributed by atoms with Crippen LogP contribution in [0, 0.1) is 12.8 Å². The fraction of sp³-hybridized carbons (Fsp3) is 0.500. The minimum atomic E-state index is -0.918. The van der Waals surface area contributed by atoms with E-state index in [1.165, 1.54) is 0 Å². The zero-order valence-corrected chi connectivity index (χ0v) is 9.99. The van der Waals surface area contributed by atoms with Crippen LogP contribution in [0.1, 0.15) is 31.1 Å². The first-order valence-electron chi connectivity index (χ1n) is 5.06. The summed E-state index contributed by atoms with van der Waals surface area (Å²) >= 11 is 6.00. The molecule has 2 nitrogen and oxygen atoms in total. The van der Waals surface area contributed by atoms with Gasteiger partial charge in [-0.05, 0) is 24.5 Å². The van der Waals surface area contributed by atoms with Gasteiger partial charge in [-0.1, -0.05) is 37.6 Å². The van der Waals surface area contributed by atoms with Crippen LogP contribution >= 0.6 is 11.6 Å². The molecule has 0 radical (unpaired) electrons. The lowest BCUT2D eigenvalue weighted by atomic mass is 9.93. The van der Waals surface area contributed by atoms with Gasteiger partial charge in [0.25, 0.3) is 0 Å². The van der Waals surface area contributed by atoms with Crippen LogP contribution in [-0.4, -0.2) is 16.3 Å². The highest BCUT2D eigenvalue weighted by Gasteiger charge is 2.24. The highest BCUT2D eigenvalue weighted by atomic mass is 35.5. The Balaban J connectivity index is 3.05. The van der Waals surface area contributed by atoms with Gasteiger partial charge in [0.05, 0.1) is 6.10 Å². The zero-order chi connectivity index (χ0) is 11.6. The van der Waals surface area contributed by atoms with Crippen molar-refractivity contribution >= 4 is 11.6 Å². The van der Waals surface area contributed by atoms with E-state index in [4.69, 9.17) is 11.6 Å². The number of aryl methyl sites for hydroxylation is 1. The average molecular weight is 229 g/mol. The number of aliphatic hydroxyl groups excluding tert-OH is 2. The Hall–Kier alpha value is -0.570. The molecule has 1 aromatic carbocycles.